The van der Waals surface area contributed by atoms with E-state index >= 15 is 0 Å². The highest BCUT2D eigenvalue weighted by atomic mass is 16.2. The lowest BCUT2D eigenvalue weighted by Crippen LogP contribution is -2.26. The van der Waals surface area contributed by atoms with Gasteiger partial charge in [0.2, 0.25) is 0 Å². The molecular formula is C5H8N2O2. The van der Waals surface area contributed by atoms with E-state index in [0.717, 1.165) is 0 Å². The molecule has 0 aliphatic rings. The number of hydrogen-bond donors (Lipinski definition) is 1. The van der Waals surface area contributed by atoms with Crippen molar-refractivity contribution in [2.24, 2.45) is 7.05 Å². The number of rotatable bonds is 0. The van der Waals surface area contributed by atoms with Crippen LogP contribution in [0.2, 0.25) is 0 Å². The average Bonchev–Trinajstić information content (AvgIpc) is 1.80. The first-order valence-electron chi connectivity index (χ1n) is 2.46. The zero-order chi connectivity index (χ0) is 6.85. The van der Waals surface area contributed by atoms with Crippen LogP contribution in [-0.4, -0.2) is 9.55 Å². The molecule has 0 bridgehead atoms. The van der Waals surface area contributed by atoms with Gasteiger partial charge in [-0.1, -0.05) is 0 Å². The molecule has 0 saturated heterocycles. The normalized spacial score (nSPS) is 9.44. The van der Waals surface area contributed by atoms with Gasteiger partial charge in [-0.25, -0.2) is 4.79 Å². The molecule has 1 N–H and O–H groups in total. The predicted molar refractivity (Wildman–Crippen MR) is 34.4 cm³/mol. The minimum atomic E-state index is -0.387. The van der Waals surface area contributed by atoms with Crippen molar-refractivity contribution in [2.45, 2.75) is 0 Å². The Hall–Kier alpha value is -1.32. The Kier molecular flexibility index (Phi) is 1.22. The molecule has 4 heteroatoms. The summed E-state index contributed by atoms with van der Waals surface area (Å²) in [5.41, 5.74) is -0.749. The predicted octanol–water partition coefficient (Wildman–Crippen LogP) is -0.680. The first-order valence-corrected chi connectivity index (χ1v) is 2.46. The lowest BCUT2D eigenvalue weighted by molar-refractivity contribution is 0.799. The molecule has 0 aliphatic heterocycles. The molecule has 1 rings (SSSR count). The first kappa shape index (κ1) is 5.81. The van der Waals surface area contributed by atoms with Crippen molar-refractivity contribution in [1.29, 1.82) is 0 Å². The van der Waals surface area contributed by atoms with E-state index in [1.807, 2.05) is 0 Å². The fourth-order valence-electron chi connectivity index (χ4n) is 0.482. The number of aromatic amines is 1. The lowest BCUT2D eigenvalue weighted by atomic mass is 10.6. The summed E-state index contributed by atoms with van der Waals surface area (Å²) in [6, 6.07) is 1.29. The van der Waals surface area contributed by atoms with Crippen molar-refractivity contribution < 1.29 is 1.43 Å². The Labute approximate surface area is 52.3 Å². The Morgan fingerprint density at radius 1 is 1.67 bits per heavy atom. The van der Waals surface area contributed by atoms with Gasteiger partial charge in [0.05, 0.1) is 0 Å². The standard InChI is InChI=1S/C5H6N2O2.H2/c1-7-3-2-4(8)6-5(7)9;/h2-3H,1H3,(H,6,8,9);1H. The highest BCUT2D eigenvalue weighted by Gasteiger charge is 1.85. The van der Waals surface area contributed by atoms with Gasteiger partial charge in [0.25, 0.3) is 5.56 Å². The van der Waals surface area contributed by atoms with Gasteiger partial charge in [-0.05, 0) is 0 Å². The van der Waals surface area contributed by atoms with E-state index in [2.05, 4.69) is 4.98 Å². The minimum absolute atomic E-state index is 0. The fraction of sp³-hybridized carbons (Fsp3) is 0.200. The SMILES string of the molecule is Cn1ccc(=O)[nH]c1=O.[HH]. The minimum Gasteiger partial charge on any atom is -0.304 e. The van der Waals surface area contributed by atoms with Gasteiger partial charge in [0, 0.05) is 20.7 Å². The number of aromatic nitrogens is 2. The summed E-state index contributed by atoms with van der Waals surface area (Å²) in [5, 5.41) is 0. The van der Waals surface area contributed by atoms with E-state index in [9.17, 15) is 9.59 Å². The molecule has 0 aliphatic carbocycles. The van der Waals surface area contributed by atoms with Crippen LogP contribution in [0.15, 0.2) is 21.9 Å². The van der Waals surface area contributed by atoms with Crippen molar-refractivity contribution in [1.82, 2.24) is 9.55 Å². The maximum absolute atomic E-state index is 10.5. The van der Waals surface area contributed by atoms with Crippen LogP contribution in [0, 0.1) is 0 Å². The van der Waals surface area contributed by atoms with Crippen LogP contribution in [0.3, 0.4) is 0 Å². The molecule has 0 unspecified atom stereocenters. The van der Waals surface area contributed by atoms with Crippen LogP contribution in [0.4, 0.5) is 0 Å². The van der Waals surface area contributed by atoms with E-state index in [4.69, 9.17) is 0 Å². The van der Waals surface area contributed by atoms with Crippen molar-refractivity contribution >= 4 is 0 Å². The zero-order valence-corrected chi connectivity index (χ0v) is 4.92. The van der Waals surface area contributed by atoms with Crippen molar-refractivity contribution in [3.05, 3.63) is 33.1 Å². The lowest BCUT2D eigenvalue weighted by Gasteiger charge is -1.89. The third kappa shape index (κ3) is 1.07. The van der Waals surface area contributed by atoms with Crippen LogP contribution in [0.5, 0.6) is 0 Å². The Morgan fingerprint density at radius 2 is 2.33 bits per heavy atom. The van der Waals surface area contributed by atoms with Gasteiger partial charge < -0.3 is 4.57 Å². The molecule has 0 saturated carbocycles. The second kappa shape index (κ2) is 1.89. The van der Waals surface area contributed by atoms with E-state index in [1.54, 1.807) is 7.05 Å². The van der Waals surface area contributed by atoms with Crippen molar-refractivity contribution in [2.75, 3.05) is 0 Å². The van der Waals surface area contributed by atoms with Crippen LogP contribution in [0.25, 0.3) is 0 Å². The molecule has 1 heterocycles. The van der Waals surface area contributed by atoms with Crippen LogP contribution >= 0.6 is 0 Å². The fourth-order valence-corrected chi connectivity index (χ4v) is 0.482. The van der Waals surface area contributed by atoms with Gasteiger partial charge in [-0.15, -0.1) is 0 Å². The molecule has 0 radical (unpaired) electrons. The molecular weight excluding hydrogens is 120 g/mol. The van der Waals surface area contributed by atoms with E-state index in [1.165, 1.54) is 16.8 Å². The third-order valence-corrected chi connectivity index (χ3v) is 1.000. The maximum Gasteiger partial charge on any atom is 0.328 e. The number of hydrogen-bond acceptors (Lipinski definition) is 2. The van der Waals surface area contributed by atoms with Crippen LogP contribution in [0.1, 0.15) is 1.43 Å². The molecule has 4 nitrogen and oxygen atoms in total. The third-order valence-electron chi connectivity index (χ3n) is 1.000. The molecule has 50 valence electrons. The van der Waals surface area contributed by atoms with E-state index in [-0.39, 0.29) is 12.7 Å². The van der Waals surface area contributed by atoms with Crippen molar-refractivity contribution in [3.63, 3.8) is 0 Å². The quantitative estimate of drug-likeness (QED) is 0.503. The second-order valence-electron chi connectivity index (χ2n) is 1.72. The van der Waals surface area contributed by atoms with Gasteiger partial charge in [0.15, 0.2) is 0 Å². The topological polar surface area (TPSA) is 54.9 Å². The van der Waals surface area contributed by atoms with Gasteiger partial charge in [-0.3, -0.25) is 9.78 Å². The Balaban J connectivity index is 0.000000810. The maximum atomic E-state index is 10.5. The van der Waals surface area contributed by atoms with Crippen molar-refractivity contribution in [3.8, 4) is 0 Å². The van der Waals surface area contributed by atoms with Crippen LogP contribution < -0.4 is 11.2 Å². The molecule has 0 spiro atoms. The van der Waals surface area contributed by atoms with Gasteiger partial charge in [0.1, 0.15) is 0 Å². The second-order valence-corrected chi connectivity index (χ2v) is 1.72. The summed E-state index contributed by atoms with van der Waals surface area (Å²) < 4.78 is 1.29. The number of H-pyrrole nitrogens is 1. The summed E-state index contributed by atoms with van der Waals surface area (Å²) in [7, 11) is 1.57. The molecule has 1 aromatic rings. The zero-order valence-electron chi connectivity index (χ0n) is 4.92. The van der Waals surface area contributed by atoms with E-state index in [0.29, 0.717) is 0 Å². The smallest absolute Gasteiger partial charge is 0.304 e. The van der Waals surface area contributed by atoms with Gasteiger partial charge in [-0.2, -0.15) is 0 Å². The highest BCUT2D eigenvalue weighted by molar-refractivity contribution is 4.80. The summed E-state index contributed by atoms with van der Waals surface area (Å²) in [5.74, 6) is 0. The summed E-state index contributed by atoms with van der Waals surface area (Å²) in [4.78, 5) is 23.0. The molecule has 1 aromatic heterocycles. The number of nitrogens with one attached hydrogen (secondary N) is 1. The summed E-state index contributed by atoms with van der Waals surface area (Å²) in [6.07, 6.45) is 1.42. The largest absolute Gasteiger partial charge is 0.328 e. The van der Waals surface area contributed by atoms with E-state index < -0.39 is 0 Å². The first-order chi connectivity index (χ1) is 4.20. The molecule has 0 atom stereocenters. The molecule has 9 heavy (non-hydrogen) atoms. The summed E-state index contributed by atoms with van der Waals surface area (Å²) >= 11 is 0. The van der Waals surface area contributed by atoms with Gasteiger partial charge >= 0.3 is 5.69 Å². The Morgan fingerprint density at radius 3 is 2.78 bits per heavy atom. The monoisotopic (exact) mass is 128 g/mol. The summed E-state index contributed by atoms with van der Waals surface area (Å²) in [6.45, 7) is 0. The average molecular weight is 128 g/mol. The Bertz CT molecular complexity index is 314. The molecule has 0 fully saturated rings. The van der Waals surface area contributed by atoms with Crippen LogP contribution in [-0.2, 0) is 7.05 Å². The highest BCUT2D eigenvalue weighted by Crippen LogP contribution is 1.61. The number of aryl methyl sites for hydroxylation is 1. The molecule has 0 amide bonds. The molecule has 0 aromatic carbocycles. The number of nitrogens with zero attached hydrogens (tertiary/aromatic N) is 1.